The van der Waals surface area contributed by atoms with Crippen molar-refractivity contribution in [2.24, 2.45) is 17.3 Å². The fourth-order valence-corrected chi connectivity index (χ4v) is 5.62. The van der Waals surface area contributed by atoms with Gasteiger partial charge in [0.1, 0.15) is 0 Å². The summed E-state index contributed by atoms with van der Waals surface area (Å²) in [5.74, 6) is 2.34. The Hall–Kier alpha value is -1.44. The molecule has 2 fully saturated rings. The summed E-state index contributed by atoms with van der Waals surface area (Å²) in [5.41, 5.74) is 18.6. The van der Waals surface area contributed by atoms with E-state index >= 15 is 0 Å². The molecule has 4 atom stereocenters. The molecule has 0 amide bonds. The maximum atomic E-state index is 6.24. The standard InChI is InChI=1S/C19H26N2/c1-11-3-7-16-14-4-5-15-12(6-8-17(20)18(15)21)13(14)9-10-19(11,16)2/h6,8,13-14,16H,1,3-5,7,9-10,20-21H2,2H3. The molecule has 112 valence electrons. The normalized spacial score (nSPS) is 37.8. The second-order valence-electron chi connectivity index (χ2n) is 7.65. The highest BCUT2D eigenvalue weighted by Crippen LogP contribution is 2.62. The van der Waals surface area contributed by atoms with Gasteiger partial charge in [-0.2, -0.15) is 0 Å². The zero-order valence-corrected chi connectivity index (χ0v) is 13.0. The van der Waals surface area contributed by atoms with E-state index in [1.54, 1.807) is 0 Å². The third-order valence-electron chi connectivity index (χ3n) is 6.95. The predicted molar refractivity (Wildman–Crippen MR) is 89.0 cm³/mol. The molecule has 21 heavy (non-hydrogen) atoms. The molecule has 1 aromatic carbocycles. The van der Waals surface area contributed by atoms with Crippen molar-refractivity contribution in [2.75, 3.05) is 11.5 Å². The van der Waals surface area contributed by atoms with Crippen molar-refractivity contribution in [2.45, 2.75) is 51.4 Å². The number of allylic oxidation sites excluding steroid dienone is 1. The topological polar surface area (TPSA) is 52.0 Å². The van der Waals surface area contributed by atoms with E-state index in [0.717, 1.165) is 29.6 Å². The van der Waals surface area contributed by atoms with Crippen LogP contribution in [0.1, 0.15) is 56.1 Å². The fraction of sp³-hybridized carbons (Fsp3) is 0.579. The van der Waals surface area contributed by atoms with Gasteiger partial charge in [0.25, 0.3) is 0 Å². The Bertz CT molecular complexity index is 618. The Balaban J connectivity index is 1.75. The molecule has 0 radical (unpaired) electrons. The summed E-state index contributed by atoms with van der Waals surface area (Å²) in [7, 11) is 0. The molecule has 4 rings (SSSR count). The number of hydrogen-bond donors (Lipinski definition) is 2. The Kier molecular flexibility index (Phi) is 2.70. The molecule has 4 unspecified atom stereocenters. The molecule has 1 aromatic rings. The van der Waals surface area contributed by atoms with E-state index in [0.29, 0.717) is 11.3 Å². The van der Waals surface area contributed by atoms with E-state index < -0.39 is 0 Å². The van der Waals surface area contributed by atoms with Gasteiger partial charge in [-0.05, 0) is 78.9 Å². The lowest BCUT2D eigenvalue weighted by Gasteiger charge is -2.49. The number of hydrogen-bond acceptors (Lipinski definition) is 2. The molecule has 0 aromatic heterocycles. The first kappa shape index (κ1) is 13.2. The van der Waals surface area contributed by atoms with Crippen LogP contribution < -0.4 is 11.5 Å². The molecule has 3 aliphatic rings. The maximum absolute atomic E-state index is 6.24. The van der Waals surface area contributed by atoms with Crippen LogP contribution in [0.4, 0.5) is 11.4 Å². The van der Waals surface area contributed by atoms with Crippen LogP contribution in [-0.2, 0) is 6.42 Å². The van der Waals surface area contributed by atoms with Gasteiger partial charge in [0.05, 0.1) is 11.4 Å². The van der Waals surface area contributed by atoms with Gasteiger partial charge in [0.2, 0.25) is 0 Å². The highest BCUT2D eigenvalue weighted by Gasteiger charge is 2.51. The second-order valence-corrected chi connectivity index (χ2v) is 7.65. The zero-order valence-electron chi connectivity index (χ0n) is 13.0. The Labute approximate surface area is 127 Å². The largest absolute Gasteiger partial charge is 0.397 e. The van der Waals surface area contributed by atoms with Crippen LogP contribution >= 0.6 is 0 Å². The first-order valence-electron chi connectivity index (χ1n) is 8.37. The minimum Gasteiger partial charge on any atom is -0.397 e. The van der Waals surface area contributed by atoms with Crippen LogP contribution in [0.25, 0.3) is 0 Å². The Morgan fingerprint density at radius 1 is 1.14 bits per heavy atom. The van der Waals surface area contributed by atoms with Crippen molar-refractivity contribution in [1.82, 2.24) is 0 Å². The summed E-state index contributed by atoms with van der Waals surface area (Å²) < 4.78 is 0. The molecule has 0 saturated heterocycles. The highest BCUT2D eigenvalue weighted by molar-refractivity contribution is 5.70. The van der Waals surface area contributed by atoms with E-state index in [1.807, 2.05) is 6.07 Å². The predicted octanol–water partition coefficient (Wildman–Crippen LogP) is 4.26. The molecule has 2 heteroatoms. The minimum atomic E-state index is 0.401. The molecule has 2 nitrogen and oxygen atoms in total. The number of rotatable bonds is 0. The van der Waals surface area contributed by atoms with Gasteiger partial charge in [0.15, 0.2) is 0 Å². The van der Waals surface area contributed by atoms with Crippen LogP contribution in [0.3, 0.4) is 0 Å². The molecule has 0 bridgehead atoms. The average Bonchev–Trinajstić information content (AvgIpc) is 2.78. The van der Waals surface area contributed by atoms with Crippen LogP contribution in [-0.4, -0.2) is 0 Å². The van der Waals surface area contributed by atoms with Gasteiger partial charge in [-0.1, -0.05) is 25.1 Å². The van der Waals surface area contributed by atoms with Crippen molar-refractivity contribution in [3.8, 4) is 0 Å². The van der Waals surface area contributed by atoms with Crippen molar-refractivity contribution >= 4 is 11.4 Å². The van der Waals surface area contributed by atoms with E-state index in [4.69, 9.17) is 11.5 Å². The lowest BCUT2D eigenvalue weighted by atomic mass is 9.55. The van der Waals surface area contributed by atoms with Crippen LogP contribution in [0.2, 0.25) is 0 Å². The zero-order chi connectivity index (χ0) is 14.8. The van der Waals surface area contributed by atoms with Gasteiger partial charge in [-0.15, -0.1) is 0 Å². The van der Waals surface area contributed by atoms with Crippen LogP contribution in [0, 0.1) is 17.3 Å². The number of benzene rings is 1. The van der Waals surface area contributed by atoms with Gasteiger partial charge < -0.3 is 11.5 Å². The minimum absolute atomic E-state index is 0.401. The number of anilines is 2. The molecule has 3 aliphatic carbocycles. The molecule has 0 heterocycles. The van der Waals surface area contributed by atoms with Crippen molar-refractivity contribution in [3.63, 3.8) is 0 Å². The molecule has 0 spiro atoms. The lowest BCUT2D eigenvalue weighted by Crippen LogP contribution is -2.40. The van der Waals surface area contributed by atoms with Gasteiger partial charge >= 0.3 is 0 Å². The Morgan fingerprint density at radius 2 is 1.95 bits per heavy atom. The SMILES string of the molecule is C=C1CCC2C3CCc4c(ccc(N)c4N)C3CCC12C. The smallest absolute Gasteiger partial charge is 0.0583 e. The highest BCUT2D eigenvalue weighted by atomic mass is 14.7. The second kappa shape index (κ2) is 4.28. The molecule has 0 aliphatic heterocycles. The van der Waals surface area contributed by atoms with Crippen molar-refractivity contribution in [1.29, 1.82) is 0 Å². The molecular weight excluding hydrogens is 256 g/mol. The Morgan fingerprint density at radius 3 is 2.76 bits per heavy atom. The summed E-state index contributed by atoms with van der Waals surface area (Å²) in [4.78, 5) is 0. The summed E-state index contributed by atoms with van der Waals surface area (Å²) in [6.45, 7) is 6.85. The van der Waals surface area contributed by atoms with E-state index in [2.05, 4.69) is 19.6 Å². The summed E-state index contributed by atoms with van der Waals surface area (Å²) in [5, 5.41) is 0. The average molecular weight is 282 g/mol. The van der Waals surface area contributed by atoms with Crippen molar-refractivity contribution in [3.05, 3.63) is 35.4 Å². The van der Waals surface area contributed by atoms with E-state index in [9.17, 15) is 0 Å². The van der Waals surface area contributed by atoms with Gasteiger partial charge in [0, 0.05) is 0 Å². The molecule has 4 N–H and O–H groups in total. The quantitative estimate of drug-likeness (QED) is 0.551. The lowest BCUT2D eigenvalue weighted by molar-refractivity contribution is 0.0818. The molecule has 2 saturated carbocycles. The number of nitrogens with two attached hydrogens (primary N) is 2. The van der Waals surface area contributed by atoms with Crippen molar-refractivity contribution < 1.29 is 0 Å². The first-order chi connectivity index (χ1) is 10.0. The summed E-state index contributed by atoms with van der Waals surface area (Å²) >= 11 is 0. The number of nitrogen functional groups attached to an aromatic ring is 2. The molecular formula is C19H26N2. The third kappa shape index (κ3) is 1.65. The van der Waals surface area contributed by atoms with Crippen LogP contribution in [0.5, 0.6) is 0 Å². The van der Waals surface area contributed by atoms with Gasteiger partial charge in [-0.3, -0.25) is 0 Å². The number of fused-ring (bicyclic) bond motifs is 5. The third-order valence-corrected chi connectivity index (χ3v) is 6.95. The summed E-state index contributed by atoms with van der Waals surface area (Å²) in [6, 6.07) is 4.27. The van der Waals surface area contributed by atoms with E-state index in [-0.39, 0.29) is 0 Å². The maximum Gasteiger partial charge on any atom is 0.0583 e. The van der Waals surface area contributed by atoms with E-state index in [1.165, 1.54) is 48.8 Å². The van der Waals surface area contributed by atoms with Gasteiger partial charge in [-0.25, -0.2) is 0 Å². The first-order valence-corrected chi connectivity index (χ1v) is 8.37. The van der Waals surface area contributed by atoms with Crippen LogP contribution in [0.15, 0.2) is 24.3 Å². The monoisotopic (exact) mass is 282 g/mol. The fourth-order valence-electron chi connectivity index (χ4n) is 5.62. The summed E-state index contributed by atoms with van der Waals surface area (Å²) in [6.07, 6.45) is 7.54.